The van der Waals surface area contributed by atoms with Crippen LogP contribution in [0.3, 0.4) is 0 Å². The van der Waals surface area contributed by atoms with E-state index in [1.807, 2.05) is 0 Å². The standard InChI is InChI=1S/C12H23NOS/c14-12-7-3-1-2-6-11(12)13-9-10-5-4-8-15-10/h10-14H,1-9H2. The largest absolute Gasteiger partial charge is 0.392 e. The first-order valence-electron chi connectivity index (χ1n) is 6.39. The lowest BCUT2D eigenvalue weighted by molar-refractivity contribution is 0.120. The Bertz CT molecular complexity index is 182. The Morgan fingerprint density at radius 1 is 1.07 bits per heavy atom. The van der Waals surface area contributed by atoms with Gasteiger partial charge in [-0.05, 0) is 31.4 Å². The van der Waals surface area contributed by atoms with Crippen LogP contribution in [0.2, 0.25) is 0 Å². The molecule has 1 aliphatic heterocycles. The number of nitrogens with one attached hydrogen (secondary N) is 1. The van der Waals surface area contributed by atoms with E-state index < -0.39 is 0 Å². The van der Waals surface area contributed by atoms with Gasteiger partial charge in [-0.3, -0.25) is 0 Å². The maximum absolute atomic E-state index is 9.95. The molecular formula is C12H23NOS. The van der Waals surface area contributed by atoms with Gasteiger partial charge in [0.1, 0.15) is 0 Å². The van der Waals surface area contributed by atoms with Crippen LogP contribution < -0.4 is 5.32 Å². The second kappa shape index (κ2) is 6.12. The summed E-state index contributed by atoms with van der Waals surface area (Å²) in [6.07, 6.45) is 8.59. The molecule has 0 aromatic carbocycles. The monoisotopic (exact) mass is 229 g/mol. The van der Waals surface area contributed by atoms with Gasteiger partial charge in [0.05, 0.1) is 6.10 Å². The Hall–Kier alpha value is 0.270. The molecule has 2 N–H and O–H groups in total. The average molecular weight is 229 g/mol. The van der Waals surface area contributed by atoms with Crippen LogP contribution in [0.1, 0.15) is 44.9 Å². The predicted octanol–water partition coefficient (Wildman–Crippen LogP) is 2.17. The highest BCUT2D eigenvalue weighted by Gasteiger charge is 2.23. The molecule has 3 unspecified atom stereocenters. The first kappa shape index (κ1) is 11.7. The van der Waals surface area contributed by atoms with Crippen molar-refractivity contribution in [3.8, 4) is 0 Å². The molecule has 0 radical (unpaired) electrons. The molecule has 0 spiro atoms. The van der Waals surface area contributed by atoms with Crippen LogP contribution in [0.4, 0.5) is 0 Å². The Kier molecular flexibility index (Phi) is 4.79. The minimum atomic E-state index is -0.0982. The third-order valence-corrected chi connectivity index (χ3v) is 5.01. The van der Waals surface area contributed by atoms with Crippen molar-refractivity contribution in [2.75, 3.05) is 12.3 Å². The third-order valence-electron chi connectivity index (χ3n) is 3.61. The fourth-order valence-electron chi connectivity index (χ4n) is 2.61. The molecule has 0 aromatic rings. The molecule has 15 heavy (non-hydrogen) atoms. The van der Waals surface area contributed by atoms with E-state index in [9.17, 15) is 5.11 Å². The smallest absolute Gasteiger partial charge is 0.0693 e. The van der Waals surface area contributed by atoms with Crippen molar-refractivity contribution in [1.82, 2.24) is 5.32 Å². The maximum atomic E-state index is 9.95. The van der Waals surface area contributed by atoms with E-state index in [0.717, 1.165) is 18.2 Å². The molecule has 3 atom stereocenters. The number of hydrogen-bond acceptors (Lipinski definition) is 3. The van der Waals surface area contributed by atoms with E-state index in [-0.39, 0.29) is 6.10 Å². The topological polar surface area (TPSA) is 32.3 Å². The number of rotatable bonds is 3. The van der Waals surface area contributed by atoms with Crippen LogP contribution >= 0.6 is 11.8 Å². The Balaban J connectivity index is 1.71. The van der Waals surface area contributed by atoms with Gasteiger partial charge in [-0.25, -0.2) is 0 Å². The zero-order chi connectivity index (χ0) is 10.5. The molecule has 1 aliphatic carbocycles. The van der Waals surface area contributed by atoms with Crippen molar-refractivity contribution in [2.24, 2.45) is 0 Å². The summed E-state index contributed by atoms with van der Waals surface area (Å²) in [5, 5.41) is 14.3. The fraction of sp³-hybridized carbons (Fsp3) is 1.00. The molecule has 2 nitrogen and oxygen atoms in total. The summed E-state index contributed by atoms with van der Waals surface area (Å²) in [6.45, 7) is 1.10. The highest BCUT2D eigenvalue weighted by molar-refractivity contribution is 8.00. The summed E-state index contributed by atoms with van der Waals surface area (Å²) in [7, 11) is 0. The second-order valence-electron chi connectivity index (χ2n) is 4.86. The highest BCUT2D eigenvalue weighted by Crippen LogP contribution is 2.26. The molecule has 1 saturated carbocycles. The van der Waals surface area contributed by atoms with Crippen molar-refractivity contribution in [1.29, 1.82) is 0 Å². The minimum Gasteiger partial charge on any atom is -0.392 e. The molecule has 0 aromatic heterocycles. The fourth-order valence-corrected chi connectivity index (χ4v) is 3.83. The number of thioether (sulfide) groups is 1. The molecule has 2 rings (SSSR count). The van der Waals surface area contributed by atoms with Crippen LogP contribution in [0.15, 0.2) is 0 Å². The molecule has 1 heterocycles. The highest BCUT2D eigenvalue weighted by atomic mass is 32.2. The molecule has 0 amide bonds. The lowest BCUT2D eigenvalue weighted by atomic mass is 10.1. The van der Waals surface area contributed by atoms with Gasteiger partial charge in [0.15, 0.2) is 0 Å². The molecule has 1 saturated heterocycles. The summed E-state index contributed by atoms with van der Waals surface area (Å²) in [5.74, 6) is 1.33. The average Bonchev–Trinajstić information content (AvgIpc) is 2.67. The van der Waals surface area contributed by atoms with E-state index in [1.54, 1.807) is 0 Å². The summed E-state index contributed by atoms with van der Waals surface area (Å²) < 4.78 is 0. The Labute approximate surface area is 97.2 Å². The molecule has 3 heteroatoms. The lowest BCUT2D eigenvalue weighted by Gasteiger charge is -2.23. The zero-order valence-corrected chi connectivity index (χ0v) is 10.3. The van der Waals surface area contributed by atoms with E-state index in [4.69, 9.17) is 0 Å². The van der Waals surface area contributed by atoms with Crippen LogP contribution in [0, 0.1) is 0 Å². The van der Waals surface area contributed by atoms with Gasteiger partial charge >= 0.3 is 0 Å². The van der Waals surface area contributed by atoms with Crippen LogP contribution in [0.5, 0.6) is 0 Å². The Morgan fingerprint density at radius 3 is 2.73 bits per heavy atom. The van der Waals surface area contributed by atoms with Crippen LogP contribution in [-0.4, -0.2) is 34.8 Å². The second-order valence-corrected chi connectivity index (χ2v) is 6.26. The van der Waals surface area contributed by atoms with Gasteiger partial charge in [0, 0.05) is 17.8 Å². The van der Waals surface area contributed by atoms with Crippen molar-refractivity contribution >= 4 is 11.8 Å². The first-order valence-corrected chi connectivity index (χ1v) is 7.44. The van der Waals surface area contributed by atoms with Gasteiger partial charge < -0.3 is 10.4 Å². The Morgan fingerprint density at radius 2 is 1.93 bits per heavy atom. The summed E-state index contributed by atoms with van der Waals surface area (Å²) in [4.78, 5) is 0. The van der Waals surface area contributed by atoms with E-state index in [0.29, 0.717) is 6.04 Å². The summed E-state index contributed by atoms with van der Waals surface area (Å²) >= 11 is 2.09. The summed E-state index contributed by atoms with van der Waals surface area (Å²) in [5.41, 5.74) is 0. The van der Waals surface area contributed by atoms with Gasteiger partial charge in [-0.1, -0.05) is 19.3 Å². The first-order chi connectivity index (χ1) is 7.36. The molecular weight excluding hydrogens is 206 g/mol. The van der Waals surface area contributed by atoms with Crippen molar-refractivity contribution < 1.29 is 5.11 Å². The molecule has 0 bridgehead atoms. The van der Waals surface area contributed by atoms with Crippen molar-refractivity contribution in [2.45, 2.75) is 62.3 Å². The minimum absolute atomic E-state index is 0.0982. The van der Waals surface area contributed by atoms with E-state index in [1.165, 1.54) is 44.3 Å². The van der Waals surface area contributed by atoms with Gasteiger partial charge in [0.2, 0.25) is 0 Å². The van der Waals surface area contributed by atoms with Gasteiger partial charge in [0.25, 0.3) is 0 Å². The van der Waals surface area contributed by atoms with Crippen molar-refractivity contribution in [3.05, 3.63) is 0 Å². The van der Waals surface area contributed by atoms with Crippen LogP contribution in [0.25, 0.3) is 0 Å². The van der Waals surface area contributed by atoms with E-state index in [2.05, 4.69) is 17.1 Å². The van der Waals surface area contributed by atoms with Crippen LogP contribution in [-0.2, 0) is 0 Å². The zero-order valence-electron chi connectivity index (χ0n) is 9.45. The van der Waals surface area contributed by atoms with Crippen molar-refractivity contribution in [3.63, 3.8) is 0 Å². The summed E-state index contributed by atoms with van der Waals surface area (Å²) in [6, 6.07) is 0.369. The van der Waals surface area contributed by atoms with Gasteiger partial charge in [-0.15, -0.1) is 0 Å². The molecule has 2 fully saturated rings. The SMILES string of the molecule is OC1CCCCCC1NCC1CCCS1. The molecule has 88 valence electrons. The number of aliphatic hydroxyl groups is 1. The maximum Gasteiger partial charge on any atom is 0.0693 e. The number of aliphatic hydroxyl groups excluding tert-OH is 1. The molecule has 2 aliphatic rings. The quantitative estimate of drug-likeness (QED) is 0.728. The van der Waals surface area contributed by atoms with Gasteiger partial charge in [-0.2, -0.15) is 11.8 Å². The third kappa shape index (κ3) is 3.65. The predicted molar refractivity (Wildman–Crippen MR) is 66.4 cm³/mol. The lowest BCUT2D eigenvalue weighted by Crippen LogP contribution is -2.41. The van der Waals surface area contributed by atoms with E-state index >= 15 is 0 Å². The number of hydrogen-bond donors (Lipinski definition) is 2. The normalized spacial score (nSPS) is 37.8.